The molecule has 1 atom stereocenters. The molecular formula is C15H21N3O2S2. The Hall–Kier alpha value is -1.05. The van der Waals surface area contributed by atoms with Crippen LogP contribution in [0.3, 0.4) is 0 Å². The smallest absolute Gasteiger partial charge is 0.207 e. The SMILES string of the molecule is CC(C)(C)CC1CCCN1S(=O)(=O)c1cccc2nsnc12. The van der Waals surface area contributed by atoms with E-state index in [0.717, 1.165) is 31.0 Å². The van der Waals surface area contributed by atoms with Crippen LogP contribution in [0.15, 0.2) is 23.1 Å². The first kappa shape index (κ1) is 15.8. The monoisotopic (exact) mass is 339 g/mol. The number of hydrogen-bond acceptors (Lipinski definition) is 5. The van der Waals surface area contributed by atoms with Gasteiger partial charge in [-0.3, -0.25) is 0 Å². The van der Waals surface area contributed by atoms with E-state index in [-0.39, 0.29) is 11.5 Å². The molecule has 0 radical (unpaired) electrons. The first-order valence-corrected chi connectivity index (χ1v) is 9.69. The molecule has 0 spiro atoms. The maximum absolute atomic E-state index is 13.1. The van der Waals surface area contributed by atoms with Crippen LogP contribution in [0.1, 0.15) is 40.0 Å². The summed E-state index contributed by atoms with van der Waals surface area (Å²) >= 11 is 1.05. The second-order valence-corrected chi connectivity index (χ2v) is 9.45. The van der Waals surface area contributed by atoms with E-state index in [0.29, 0.717) is 22.5 Å². The molecule has 0 N–H and O–H groups in total. The maximum atomic E-state index is 13.1. The van der Waals surface area contributed by atoms with Crippen molar-refractivity contribution < 1.29 is 8.42 Å². The van der Waals surface area contributed by atoms with Crippen molar-refractivity contribution in [1.29, 1.82) is 0 Å². The van der Waals surface area contributed by atoms with Gasteiger partial charge < -0.3 is 0 Å². The molecule has 120 valence electrons. The van der Waals surface area contributed by atoms with Crippen molar-refractivity contribution >= 4 is 32.8 Å². The van der Waals surface area contributed by atoms with Crippen LogP contribution in [0.5, 0.6) is 0 Å². The lowest BCUT2D eigenvalue weighted by Gasteiger charge is -2.29. The van der Waals surface area contributed by atoms with Gasteiger partial charge in [0.15, 0.2) is 0 Å². The van der Waals surface area contributed by atoms with Crippen molar-refractivity contribution in [2.24, 2.45) is 5.41 Å². The van der Waals surface area contributed by atoms with Gasteiger partial charge in [-0.05, 0) is 36.8 Å². The first-order chi connectivity index (χ1) is 10.3. The maximum Gasteiger partial charge on any atom is 0.245 e. The van der Waals surface area contributed by atoms with E-state index in [1.165, 1.54) is 0 Å². The minimum atomic E-state index is -3.52. The third kappa shape index (κ3) is 2.89. The Labute approximate surface area is 135 Å². The van der Waals surface area contributed by atoms with Crippen molar-refractivity contribution in [1.82, 2.24) is 13.1 Å². The van der Waals surface area contributed by atoms with Gasteiger partial charge in [0.1, 0.15) is 15.9 Å². The molecule has 2 aromatic rings. The summed E-state index contributed by atoms with van der Waals surface area (Å²) in [6, 6.07) is 5.26. The van der Waals surface area contributed by atoms with Crippen LogP contribution in [0.4, 0.5) is 0 Å². The van der Waals surface area contributed by atoms with Crippen LogP contribution in [0, 0.1) is 5.41 Å². The molecule has 1 unspecified atom stereocenters. The fourth-order valence-corrected chi connectivity index (χ4v) is 5.60. The zero-order chi connectivity index (χ0) is 16.0. The highest BCUT2D eigenvalue weighted by molar-refractivity contribution is 7.89. The number of fused-ring (bicyclic) bond motifs is 1. The van der Waals surface area contributed by atoms with Gasteiger partial charge in [0.05, 0.1) is 11.7 Å². The van der Waals surface area contributed by atoms with Crippen molar-refractivity contribution in [3.05, 3.63) is 18.2 Å². The highest BCUT2D eigenvalue weighted by Gasteiger charge is 2.38. The second-order valence-electron chi connectivity index (χ2n) is 7.06. The van der Waals surface area contributed by atoms with E-state index in [1.807, 2.05) is 0 Å². The fourth-order valence-electron chi connectivity index (χ4n) is 3.15. The minimum Gasteiger partial charge on any atom is -0.207 e. The quantitative estimate of drug-likeness (QED) is 0.861. The molecule has 0 aliphatic carbocycles. The zero-order valence-corrected chi connectivity index (χ0v) is 14.7. The molecule has 1 saturated heterocycles. The Morgan fingerprint density at radius 3 is 2.82 bits per heavy atom. The number of benzene rings is 1. The van der Waals surface area contributed by atoms with Gasteiger partial charge in [0.25, 0.3) is 0 Å². The molecule has 0 bridgehead atoms. The van der Waals surface area contributed by atoms with E-state index in [9.17, 15) is 8.42 Å². The minimum absolute atomic E-state index is 0.0758. The Kier molecular flexibility index (Phi) is 3.99. The lowest BCUT2D eigenvalue weighted by molar-refractivity contribution is 0.267. The second kappa shape index (κ2) is 5.54. The molecule has 1 aromatic carbocycles. The molecule has 2 heterocycles. The standard InChI is InChI=1S/C15H21N3O2S2/c1-15(2,3)10-11-6-5-9-18(11)22(19,20)13-8-4-7-12-14(13)17-21-16-12/h4,7-8,11H,5-6,9-10H2,1-3H3. The Balaban J connectivity index is 2.00. The topological polar surface area (TPSA) is 63.2 Å². The summed E-state index contributed by atoms with van der Waals surface area (Å²) in [7, 11) is -3.52. The average molecular weight is 339 g/mol. The summed E-state index contributed by atoms with van der Waals surface area (Å²) in [6.45, 7) is 7.06. The van der Waals surface area contributed by atoms with Crippen molar-refractivity contribution in [2.75, 3.05) is 6.54 Å². The molecule has 0 saturated carbocycles. The lowest BCUT2D eigenvalue weighted by atomic mass is 9.88. The Morgan fingerprint density at radius 2 is 2.09 bits per heavy atom. The highest BCUT2D eigenvalue weighted by Crippen LogP contribution is 2.35. The largest absolute Gasteiger partial charge is 0.245 e. The Morgan fingerprint density at radius 1 is 1.32 bits per heavy atom. The van der Waals surface area contributed by atoms with Crippen molar-refractivity contribution in [3.8, 4) is 0 Å². The van der Waals surface area contributed by atoms with Gasteiger partial charge >= 0.3 is 0 Å². The lowest BCUT2D eigenvalue weighted by Crippen LogP contribution is -2.37. The zero-order valence-electron chi connectivity index (χ0n) is 13.1. The van der Waals surface area contributed by atoms with Gasteiger partial charge in [-0.25, -0.2) is 8.42 Å². The van der Waals surface area contributed by atoms with Crippen molar-refractivity contribution in [2.45, 2.75) is 51.0 Å². The fraction of sp³-hybridized carbons (Fsp3) is 0.600. The van der Waals surface area contributed by atoms with Gasteiger partial charge in [0, 0.05) is 12.6 Å². The number of nitrogens with zero attached hydrogens (tertiary/aromatic N) is 3. The number of rotatable bonds is 3. The predicted octanol–water partition coefficient (Wildman–Crippen LogP) is 3.28. The van der Waals surface area contributed by atoms with Gasteiger partial charge in [0.2, 0.25) is 10.0 Å². The first-order valence-electron chi connectivity index (χ1n) is 7.52. The number of hydrogen-bond donors (Lipinski definition) is 0. The summed E-state index contributed by atoms with van der Waals surface area (Å²) < 4.78 is 36.2. The summed E-state index contributed by atoms with van der Waals surface area (Å²) in [6.07, 6.45) is 2.73. The molecule has 3 rings (SSSR count). The van der Waals surface area contributed by atoms with E-state index >= 15 is 0 Å². The molecule has 1 aliphatic heterocycles. The van der Waals surface area contributed by atoms with Gasteiger partial charge in [-0.2, -0.15) is 13.1 Å². The molecule has 1 fully saturated rings. The third-order valence-electron chi connectivity index (χ3n) is 4.01. The van der Waals surface area contributed by atoms with Crippen LogP contribution >= 0.6 is 11.7 Å². The molecule has 5 nitrogen and oxygen atoms in total. The molecule has 7 heteroatoms. The van der Waals surface area contributed by atoms with Gasteiger partial charge in [-0.15, -0.1) is 0 Å². The van der Waals surface area contributed by atoms with E-state index < -0.39 is 10.0 Å². The molecule has 22 heavy (non-hydrogen) atoms. The molecule has 0 amide bonds. The van der Waals surface area contributed by atoms with Crippen LogP contribution in [0.2, 0.25) is 0 Å². The normalized spacial score (nSPS) is 20.8. The van der Waals surface area contributed by atoms with E-state index in [4.69, 9.17) is 0 Å². The molecule has 1 aromatic heterocycles. The van der Waals surface area contributed by atoms with Crippen molar-refractivity contribution in [3.63, 3.8) is 0 Å². The predicted molar refractivity (Wildman–Crippen MR) is 88.4 cm³/mol. The van der Waals surface area contributed by atoms with Crippen LogP contribution < -0.4 is 0 Å². The number of aromatic nitrogens is 2. The summed E-state index contributed by atoms with van der Waals surface area (Å²) in [4.78, 5) is 0.291. The van der Waals surface area contributed by atoms with Crippen LogP contribution in [-0.2, 0) is 10.0 Å². The molecule has 1 aliphatic rings. The average Bonchev–Trinajstić information content (AvgIpc) is 3.04. The van der Waals surface area contributed by atoms with Crippen LogP contribution in [0.25, 0.3) is 11.0 Å². The van der Waals surface area contributed by atoms with Gasteiger partial charge in [-0.1, -0.05) is 26.8 Å². The highest BCUT2D eigenvalue weighted by atomic mass is 32.2. The summed E-state index contributed by atoms with van der Waals surface area (Å²) in [5, 5.41) is 0. The summed E-state index contributed by atoms with van der Waals surface area (Å²) in [5.74, 6) is 0. The summed E-state index contributed by atoms with van der Waals surface area (Å²) in [5.41, 5.74) is 1.25. The van der Waals surface area contributed by atoms with E-state index in [2.05, 4.69) is 29.5 Å². The Bertz CT molecular complexity index is 777. The third-order valence-corrected chi connectivity index (χ3v) is 6.53. The number of sulfonamides is 1. The molecular weight excluding hydrogens is 318 g/mol. The van der Waals surface area contributed by atoms with Crippen LogP contribution in [-0.4, -0.2) is 34.1 Å². The van der Waals surface area contributed by atoms with E-state index in [1.54, 1.807) is 22.5 Å².